The first kappa shape index (κ1) is 22.3. The lowest BCUT2D eigenvalue weighted by molar-refractivity contribution is 0.865. The zero-order chi connectivity index (χ0) is 23.7. The van der Waals surface area contributed by atoms with Gasteiger partial charge in [0.2, 0.25) is 0 Å². The van der Waals surface area contributed by atoms with Crippen LogP contribution in [0.4, 0.5) is 5.69 Å². The van der Waals surface area contributed by atoms with Gasteiger partial charge in [-0.15, -0.1) is 0 Å². The van der Waals surface area contributed by atoms with Crippen LogP contribution in [0.1, 0.15) is 61.4 Å². The first-order valence-electron chi connectivity index (χ1n) is 12.7. The summed E-state index contributed by atoms with van der Waals surface area (Å²) in [5.41, 5.74) is 10.5. The zero-order valence-corrected chi connectivity index (χ0v) is 20.8. The van der Waals surface area contributed by atoms with Crippen molar-refractivity contribution in [2.24, 2.45) is 0 Å². The lowest BCUT2D eigenvalue weighted by Gasteiger charge is -2.23. The Kier molecular flexibility index (Phi) is 6.19. The van der Waals surface area contributed by atoms with E-state index in [1.807, 2.05) is 0 Å². The number of rotatable bonds is 8. The molecule has 3 nitrogen and oxygen atoms in total. The molecule has 0 saturated carbocycles. The van der Waals surface area contributed by atoms with Crippen LogP contribution in [0.3, 0.4) is 0 Å². The number of benzene rings is 3. The molecule has 5 aromatic rings. The summed E-state index contributed by atoms with van der Waals surface area (Å²) >= 11 is 0. The van der Waals surface area contributed by atoms with Crippen LogP contribution in [-0.2, 0) is 12.8 Å². The molecule has 0 aliphatic heterocycles. The molecule has 0 saturated heterocycles. The lowest BCUT2D eigenvalue weighted by Crippen LogP contribution is -2.21. The van der Waals surface area contributed by atoms with E-state index in [0.29, 0.717) is 0 Å². The highest BCUT2D eigenvalue weighted by atomic mass is 15.1. The maximum Gasteiger partial charge on any atom is 0.0489 e. The monoisotopic (exact) mass is 449 g/mol. The SMILES string of the molecule is CCc1cccc2c(C(c3ccc(N(CC)CC)cc3)c3c[nH]c4c(CC)cccc34)c[nH]c12. The zero-order valence-electron chi connectivity index (χ0n) is 20.8. The van der Waals surface area contributed by atoms with Gasteiger partial charge in [0, 0.05) is 58.9 Å². The molecule has 3 aromatic carbocycles. The van der Waals surface area contributed by atoms with Crippen molar-refractivity contribution in [3.8, 4) is 0 Å². The summed E-state index contributed by atoms with van der Waals surface area (Å²) in [7, 11) is 0. The third-order valence-electron chi connectivity index (χ3n) is 7.41. The number of hydrogen-bond donors (Lipinski definition) is 2. The third kappa shape index (κ3) is 3.69. The van der Waals surface area contributed by atoms with Crippen LogP contribution in [0.15, 0.2) is 73.1 Å². The van der Waals surface area contributed by atoms with Gasteiger partial charge in [0.25, 0.3) is 0 Å². The first-order valence-corrected chi connectivity index (χ1v) is 12.7. The van der Waals surface area contributed by atoms with Gasteiger partial charge < -0.3 is 14.9 Å². The maximum atomic E-state index is 3.62. The van der Waals surface area contributed by atoms with Crippen molar-refractivity contribution in [2.75, 3.05) is 18.0 Å². The molecule has 0 atom stereocenters. The minimum atomic E-state index is 0.146. The van der Waals surface area contributed by atoms with Crippen molar-refractivity contribution in [3.63, 3.8) is 0 Å². The van der Waals surface area contributed by atoms with E-state index in [9.17, 15) is 0 Å². The highest BCUT2D eigenvalue weighted by Gasteiger charge is 2.24. The normalized spacial score (nSPS) is 11.7. The minimum absolute atomic E-state index is 0.146. The Morgan fingerprint density at radius 1 is 0.647 bits per heavy atom. The van der Waals surface area contributed by atoms with Gasteiger partial charge in [-0.2, -0.15) is 0 Å². The van der Waals surface area contributed by atoms with Gasteiger partial charge in [-0.1, -0.05) is 62.4 Å². The molecular formula is C31H35N3. The average molecular weight is 450 g/mol. The van der Waals surface area contributed by atoms with Crippen LogP contribution in [0.2, 0.25) is 0 Å². The predicted octanol–water partition coefficient (Wildman–Crippen LogP) is 7.80. The fourth-order valence-electron chi connectivity index (χ4n) is 5.54. The van der Waals surface area contributed by atoms with E-state index in [-0.39, 0.29) is 5.92 Å². The summed E-state index contributed by atoms with van der Waals surface area (Å²) in [4.78, 5) is 9.64. The standard InChI is InChI=1S/C31H35N3/c1-5-21-11-9-13-25-27(19-32-30(21)25)29(23-15-17-24(18-16-23)34(7-3)8-4)28-20-33-31-22(6-2)12-10-14-26(28)31/h9-20,29,32-33H,5-8H2,1-4H3. The molecule has 0 aliphatic rings. The highest BCUT2D eigenvalue weighted by molar-refractivity contribution is 5.91. The number of H-pyrrole nitrogens is 2. The van der Waals surface area contributed by atoms with Crippen LogP contribution >= 0.6 is 0 Å². The second-order valence-corrected chi connectivity index (χ2v) is 9.07. The van der Waals surface area contributed by atoms with Crippen LogP contribution in [-0.4, -0.2) is 23.1 Å². The third-order valence-corrected chi connectivity index (χ3v) is 7.41. The number of fused-ring (bicyclic) bond motifs is 2. The van der Waals surface area contributed by atoms with E-state index >= 15 is 0 Å². The molecule has 0 bridgehead atoms. The van der Waals surface area contributed by atoms with Crippen molar-refractivity contribution >= 4 is 27.5 Å². The van der Waals surface area contributed by atoms with Crippen molar-refractivity contribution in [3.05, 3.63) is 101 Å². The molecule has 174 valence electrons. The molecule has 0 unspecified atom stereocenters. The molecule has 34 heavy (non-hydrogen) atoms. The maximum absolute atomic E-state index is 3.62. The van der Waals surface area contributed by atoms with Crippen LogP contribution in [0.25, 0.3) is 21.8 Å². The molecule has 0 amide bonds. The molecule has 2 aromatic heterocycles. The Morgan fingerprint density at radius 2 is 1.15 bits per heavy atom. The molecule has 0 fully saturated rings. The van der Waals surface area contributed by atoms with Crippen molar-refractivity contribution < 1.29 is 0 Å². The van der Waals surface area contributed by atoms with E-state index in [1.54, 1.807) is 0 Å². The van der Waals surface area contributed by atoms with E-state index < -0.39 is 0 Å². The molecule has 0 spiro atoms. The summed E-state index contributed by atoms with van der Waals surface area (Å²) in [6.45, 7) is 10.9. The van der Waals surface area contributed by atoms with Gasteiger partial charge in [-0.25, -0.2) is 0 Å². The van der Waals surface area contributed by atoms with Crippen molar-refractivity contribution in [1.82, 2.24) is 9.97 Å². The van der Waals surface area contributed by atoms with Gasteiger partial charge in [0.05, 0.1) is 0 Å². The Bertz CT molecular complexity index is 1320. The van der Waals surface area contributed by atoms with E-state index in [4.69, 9.17) is 0 Å². The number of aromatic nitrogens is 2. The quantitative estimate of drug-likeness (QED) is 0.249. The Hall–Kier alpha value is -3.46. The number of aromatic amines is 2. The summed E-state index contributed by atoms with van der Waals surface area (Å²) in [6, 6.07) is 22.6. The molecule has 2 N–H and O–H groups in total. The van der Waals surface area contributed by atoms with Crippen molar-refractivity contribution in [2.45, 2.75) is 46.5 Å². The van der Waals surface area contributed by atoms with Gasteiger partial charge in [-0.05, 0) is 66.6 Å². The van der Waals surface area contributed by atoms with Gasteiger partial charge >= 0.3 is 0 Å². The van der Waals surface area contributed by atoms with Gasteiger partial charge in [0.15, 0.2) is 0 Å². The first-order chi connectivity index (χ1) is 16.7. The second kappa shape index (κ2) is 9.42. The number of nitrogens with zero attached hydrogens (tertiary/aromatic N) is 1. The fourth-order valence-corrected chi connectivity index (χ4v) is 5.54. The largest absolute Gasteiger partial charge is 0.372 e. The van der Waals surface area contributed by atoms with Crippen LogP contribution in [0.5, 0.6) is 0 Å². The summed E-state index contributed by atoms with van der Waals surface area (Å²) in [5.74, 6) is 0.146. The molecule has 0 radical (unpaired) electrons. The highest BCUT2D eigenvalue weighted by Crippen LogP contribution is 2.41. The number of anilines is 1. The Labute approximate surface area is 202 Å². The van der Waals surface area contributed by atoms with Crippen LogP contribution < -0.4 is 4.90 Å². The smallest absolute Gasteiger partial charge is 0.0489 e. The number of nitrogens with one attached hydrogen (secondary N) is 2. The molecule has 2 heterocycles. The van der Waals surface area contributed by atoms with E-state index in [1.165, 1.54) is 55.3 Å². The summed E-state index contributed by atoms with van der Waals surface area (Å²) < 4.78 is 0. The predicted molar refractivity (Wildman–Crippen MR) is 146 cm³/mol. The minimum Gasteiger partial charge on any atom is -0.372 e. The average Bonchev–Trinajstić information content (AvgIpc) is 3.51. The Balaban J connectivity index is 1.72. The number of para-hydroxylation sites is 2. The second-order valence-electron chi connectivity index (χ2n) is 9.07. The topological polar surface area (TPSA) is 34.8 Å². The van der Waals surface area contributed by atoms with Crippen molar-refractivity contribution in [1.29, 1.82) is 0 Å². The van der Waals surface area contributed by atoms with E-state index in [2.05, 4.69) is 116 Å². The lowest BCUT2D eigenvalue weighted by atomic mass is 9.84. The molecule has 0 aliphatic carbocycles. The fraction of sp³-hybridized carbons (Fsp3) is 0.290. The summed E-state index contributed by atoms with van der Waals surface area (Å²) in [6.07, 6.45) is 6.51. The molecule has 3 heteroatoms. The molecular weight excluding hydrogens is 414 g/mol. The van der Waals surface area contributed by atoms with E-state index in [0.717, 1.165) is 25.9 Å². The number of hydrogen-bond acceptors (Lipinski definition) is 1. The van der Waals surface area contributed by atoms with Crippen LogP contribution in [0, 0.1) is 0 Å². The molecule has 5 rings (SSSR count). The summed E-state index contributed by atoms with van der Waals surface area (Å²) in [5, 5.41) is 2.64. The van der Waals surface area contributed by atoms with Gasteiger partial charge in [0.1, 0.15) is 0 Å². The number of aryl methyl sites for hydroxylation is 2. The van der Waals surface area contributed by atoms with Gasteiger partial charge in [-0.3, -0.25) is 0 Å². The Morgan fingerprint density at radius 3 is 1.59 bits per heavy atom.